The summed E-state index contributed by atoms with van der Waals surface area (Å²) in [4.78, 5) is 27.4. The quantitative estimate of drug-likeness (QED) is 0.739. The van der Waals surface area contributed by atoms with Crippen molar-refractivity contribution in [2.45, 2.75) is 19.3 Å². The predicted octanol–water partition coefficient (Wildman–Crippen LogP) is -0.747. The van der Waals surface area contributed by atoms with Crippen LogP contribution in [0.1, 0.15) is 19.3 Å². The third-order valence-electron chi connectivity index (χ3n) is 4.16. The molecule has 2 aliphatic heterocycles. The molecule has 2 heterocycles. The van der Waals surface area contributed by atoms with E-state index in [1.165, 1.54) is 0 Å². The third-order valence-corrected chi connectivity index (χ3v) is 4.85. The number of carbonyl (C=O) groups is 2. The maximum Gasteiger partial charge on any atom is 0.228 e. The number of nitrogens with one attached hydrogen (secondary N) is 1. The number of nitrogens with zero attached hydrogens (tertiary/aromatic N) is 2. The molecule has 1 N–H and O–H groups in total. The van der Waals surface area contributed by atoms with E-state index in [9.17, 15) is 18.0 Å². The van der Waals surface area contributed by atoms with Crippen molar-refractivity contribution in [1.82, 2.24) is 14.5 Å². The highest BCUT2D eigenvalue weighted by atomic mass is 32.2. The molecule has 0 aliphatic carbocycles. The zero-order chi connectivity index (χ0) is 15.6. The summed E-state index contributed by atoms with van der Waals surface area (Å²) in [6.45, 7) is 2.12. The molecule has 21 heavy (non-hydrogen) atoms. The average molecular weight is 317 g/mol. The number of amides is 2. The molecule has 2 saturated heterocycles. The first-order chi connectivity index (χ1) is 9.76. The lowest BCUT2D eigenvalue weighted by atomic mass is 9.96. The molecule has 0 aromatic carbocycles. The van der Waals surface area contributed by atoms with E-state index in [1.807, 2.05) is 0 Å². The van der Waals surface area contributed by atoms with Gasteiger partial charge >= 0.3 is 0 Å². The molecule has 2 rings (SSSR count). The van der Waals surface area contributed by atoms with Gasteiger partial charge in [0.2, 0.25) is 21.8 Å². The van der Waals surface area contributed by atoms with Gasteiger partial charge in [-0.25, -0.2) is 13.1 Å². The smallest absolute Gasteiger partial charge is 0.228 e. The van der Waals surface area contributed by atoms with Gasteiger partial charge in [-0.15, -0.1) is 0 Å². The fourth-order valence-corrected chi connectivity index (χ4v) is 3.53. The first kappa shape index (κ1) is 16.2. The summed E-state index contributed by atoms with van der Waals surface area (Å²) < 4.78 is 24.8. The van der Waals surface area contributed by atoms with Gasteiger partial charge in [0.05, 0.1) is 12.2 Å². The van der Waals surface area contributed by atoms with Gasteiger partial charge in [0.15, 0.2) is 0 Å². The van der Waals surface area contributed by atoms with Crippen LogP contribution in [-0.2, 0) is 19.6 Å². The number of hydrogen-bond acceptors (Lipinski definition) is 4. The molecule has 120 valence electrons. The summed E-state index contributed by atoms with van der Waals surface area (Å²) in [5.74, 6) is -0.0613. The van der Waals surface area contributed by atoms with Crippen LogP contribution < -0.4 is 4.72 Å². The van der Waals surface area contributed by atoms with E-state index in [-0.39, 0.29) is 30.1 Å². The van der Waals surface area contributed by atoms with Gasteiger partial charge in [-0.1, -0.05) is 0 Å². The first-order valence-corrected chi connectivity index (χ1v) is 9.13. The Morgan fingerprint density at radius 1 is 1.38 bits per heavy atom. The van der Waals surface area contributed by atoms with Crippen molar-refractivity contribution in [3.8, 4) is 0 Å². The van der Waals surface area contributed by atoms with Crippen LogP contribution in [0.25, 0.3) is 0 Å². The van der Waals surface area contributed by atoms with E-state index in [0.29, 0.717) is 26.2 Å². The predicted molar refractivity (Wildman–Crippen MR) is 77.9 cm³/mol. The summed E-state index contributed by atoms with van der Waals surface area (Å²) in [7, 11) is -1.48. The fourth-order valence-electron chi connectivity index (χ4n) is 2.99. The van der Waals surface area contributed by atoms with E-state index in [2.05, 4.69) is 4.72 Å². The van der Waals surface area contributed by atoms with Crippen LogP contribution in [0.2, 0.25) is 0 Å². The van der Waals surface area contributed by atoms with Crippen molar-refractivity contribution in [1.29, 1.82) is 0 Å². The third kappa shape index (κ3) is 4.41. The molecule has 2 amide bonds. The van der Waals surface area contributed by atoms with Crippen LogP contribution in [0.5, 0.6) is 0 Å². The van der Waals surface area contributed by atoms with Crippen LogP contribution in [0.4, 0.5) is 0 Å². The number of carbonyl (C=O) groups excluding carboxylic acids is 2. The highest BCUT2D eigenvalue weighted by Gasteiger charge is 2.36. The van der Waals surface area contributed by atoms with Gasteiger partial charge in [-0.2, -0.15) is 0 Å². The largest absolute Gasteiger partial charge is 0.345 e. The van der Waals surface area contributed by atoms with E-state index in [0.717, 1.165) is 19.1 Å². The molecule has 0 radical (unpaired) electrons. The van der Waals surface area contributed by atoms with Gasteiger partial charge in [0, 0.05) is 39.6 Å². The number of sulfonamides is 1. The minimum absolute atomic E-state index is 0.0145. The lowest BCUT2D eigenvalue weighted by Crippen LogP contribution is -2.46. The molecular formula is C13H23N3O4S. The Morgan fingerprint density at radius 2 is 2.10 bits per heavy atom. The van der Waals surface area contributed by atoms with Crippen molar-refractivity contribution in [2.75, 3.05) is 39.5 Å². The summed E-state index contributed by atoms with van der Waals surface area (Å²) in [5.41, 5.74) is 0. The zero-order valence-electron chi connectivity index (χ0n) is 12.5. The monoisotopic (exact) mass is 317 g/mol. The average Bonchev–Trinajstić information content (AvgIpc) is 2.75. The number of piperidine rings is 1. The van der Waals surface area contributed by atoms with Crippen molar-refractivity contribution in [3.63, 3.8) is 0 Å². The number of likely N-dealkylation sites (tertiary alicyclic amines) is 2. The van der Waals surface area contributed by atoms with E-state index in [4.69, 9.17) is 0 Å². The Labute approximate surface area is 125 Å². The maximum atomic E-state index is 12.4. The molecule has 7 nitrogen and oxygen atoms in total. The second-order valence-electron chi connectivity index (χ2n) is 6.09. The van der Waals surface area contributed by atoms with Crippen molar-refractivity contribution >= 4 is 21.8 Å². The van der Waals surface area contributed by atoms with E-state index < -0.39 is 10.0 Å². The van der Waals surface area contributed by atoms with Crippen molar-refractivity contribution in [3.05, 3.63) is 0 Å². The number of rotatable bonds is 4. The highest BCUT2D eigenvalue weighted by molar-refractivity contribution is 7.88. The molecular weight excluding hydrogens is 294 g/mol. The van der Waals surface area contributed by atoms with Crippen molar-refractivity contribution < 1.29 is 18.0 Å². The molecule has 2 fully saturated rings. The minimum atomic E-state index is -3.20. The van der Waals surface area contributed by atoms with Gasteiger partial charge in [0.25, 0.3) is 0 Å². The Balaban J connectivity index is 1.89. The van der Waals surface area contributed by atoms with Gasteiger partial charge in [-0.3, -0.25) is 9.59 Å². The van der Waals surface area contributed by atoms with Crippen LogP contribution >= 0.6 is 0 Å². The second kappa shape index (κ2) is 6.31. The Bertz CT molecular complexity index is 520. The molecule has 0 aromatic rings. The molecule has 0 saturated carbocycles. The molecule has 0 aromatic heterocycles. The van der Waals surface area contributed by atoms with Gasteiger partial charge in [0.1, 0.15) is 0 Å². The summed E-state index contributed by atoms with van der Waals surface area (Å²) >= 11 is 0. The zero-order valence-corrected chi connectivity index (χ0v) is 13.4. The van der Waals surface area contributed by atoms with Gasteiger partial charge < -0.3 is 9.80 Å². The SMILES string of the molecule is CN1C[C@H](C(=O)N2CCC[C@H](CNS(C)(=O)=O)C2)CC1=O. The molecule has 2 aliphatic rings. The van der Waals surface area contributed by atoms with E-state index in [1.54, 1.807) is 16.8 Å². The Kier molecular flexibility index (Phi) is 4.88. The molecule has 0 unspecified atom stereocenters. The van der Waals surface area contributed by atoms with Crippen molar-refractivity contribution in [2.24, 2.45) is 11.8 Å². The van der Waals surface area contributed by atoms with E-state index >= 15 is 0 Å². The molecule has 2 atom stereocenters. The highest BCUT2D eigenvalue weighted by Crippen LogP contribution is 2.23. The molecule has 0 spiro atoms. The standard InChI is InChI=1S/C13H23N3O4S/c1-15-9-11(6-12(15)17)13(18)16-5-3-4-10(8-16)7-14-21(2,19)20/h10-11,14H,3-9H2,1-2H3/t10-,11-/m1/s1. The molecule has 8 heteroatoms. The Morgan fingerprint density at radius 3 is 2.67 bits per heavy atom. The lowest BCUT2D eigenvalue weighted by molar-refractivity contribution is -0.137. The van der Waals surface area contributed by atoms with Crippen LogP contribution in [-0.4, -0.2) is 69.5 Å². The van der Waals surface area contributed by atoms with Crippen LogP contribution in [0, 0.1) is 11.8 Å². The van der Waals surface area contributed by atoms with Crippen LogP contribution in [0.15, 0.2) is 0 Å². The topological polar surface area (TPSA) is 86.8 Å². The summed E-state index contributed by atoms with van der Waals surface area (Å²) in [6, 6.07) is 0. The second-order valence-corrected chi connectivity index (χ2v) is 7.92. The lowest BCUT2D eigenvalue weighted by Gasteiger charge is -2.34. The summed E-state index contributed by atoms with van der Waals surface area (Å²) in [6.07, 6.45) is 3.21. The Hall–Kier alpha value is -1.15. The molecule has 0 bridgehead atoms. The maximum absolute atomic E-state index is 12.4. The van der Waals surface area contributed by atoms with Gasteiger partial charge in [-0.05, 0) is 18.8 Å². The first-order valence-electron chi connectivity index (χ1n) is 7.23. The summed E-state index contributed by atoms with van der Waals surface area (Å²) in [5, 5.41) is 0. The normalized spacial score (nSPS) is 27.2. The van der Waals surface area contributed by atoms with Crippen LogP contribution in [0.3, 0.4) is 0 Å². The minimum Gasteiger partial charge on any atom is -0.345 e. The fraction of sp³-hybridized carbons (Fsp3) is 0.846. The number of hydrogen-bond donors (Lipinski definition) is 1.